The van der Waals surface area contributed by atoms with E-state index in [1.54, 1.807) is 25.1 Å². The number of nitro groups is 1. The third-order valence-electron chi connectivity index (χ3n) is 2.48. The molecule has 0 heterocycles. The zero-order chi connectivity index (χ0) is 13.5. The molecule has 3 N–H and O–H groups in total. The summed E-state index contributed by atoms with van der Waals surface area (Å²) in [6.07, 6.45) is 1.99. The van der Waals surface area contributed by atoms with E-state index >= 15 is 0 Å². The molecular formula is C12H17N3O3. The molecule has 0 bridgehead atoms. The summed E-state index contributed by atoms with van der Waals surface area (Å²) in [5, 5.41) is 18.0. The molecule has 0 aliphatic carbocycles. The molecule has 0 saturated heterocycles. The number of nitrogens with zero attached hydrogens (tertiary/aromatic N) is 1. The second kappa shape index (κ2) is 6.58. The van der Waals surface area contributed by atoms with Crippen molar-refractivity contribution < 1.29 is 9.66 Å². The molecule has 0 amide bonds. The number of ether oxygens (including phenoxy) is 1. The fourth-order valence-electron chi connectivity index (χ4n) is 1.58. The molecule has 0 saturated carbocycles. The van der Waals surface area contributed by atoms with Crippen LogP contribution in [-0.2, 0) is 0 Å². The van der Waals surface area contributed by atoms with E-state index in [-0.39, 0.29) is 11.5 Å². The third-order valence-corrected chi connectivity index (χ3v) is 2.48. The van der Waals surface area contributed by atoms with Crippen LogP contribution < -0.4 is 10.5 Å². The highest BCUT2D eigenvalue weighted by Gasteiger charge is 2.17. The van der Waals surface area contributed by atoms with Crippen molar-refractivity contribution in [1.29, 1.82) is 5.41 Å². The lowest BCUT2D eigenvalue weighted by Crippen LogP contribution is -2.09. The predicted octanol–water partition coefficient (Wildman–Crippen LogP) is 2.39. The summed E-state index contributed by atoms with van der Waals surface area (Å²) in [5.41, 5.74) is 5.82. The Morgan fingerprint density at radius 2 is 2.22 bits per heavy atom. The quantitative estimate of drug-likeness (QED) is 0.255. The predicted molar refractivity (Wildman–Crippen MR) is 69.1 cm³/mol. The second-order valence-electron chi connectivity index (χ2n) is 4.01. The molecule has 0 unspecified atom stereocenters. The monoisotopic (exact) mass is 251 g/mol. The Balaban J connectivity index is 2.54. The van der Waals surface area contributed by atoms with Gasteiger partial charge in [-0.1, -0.05) is 12.1 Å². The lowest BCUT2D eigenvalue weighted by atomic mass is 10.2. The van der Waals surface area contributed by atoms with Crippen LogP contribution in [0.5, 0.6) is 5.75 Å². The van der Waals surface area contributed by atoms with E-state index in [2.05, 4.69) is 0 Å². The van der Waals surface area contributed by atoms with Gasteiger partial charge in [0.15, 0.2) is 5.75 Å². The van der Waals surface area contributed by atoms with Gasteiger partial charge in [-0.25, -0.2) is 0 Å². The van der Waals surface area contributed by atoms with Crippen LogP contribution in [0.4, 0.5) is 5.69 Å². The minimum absolute atomic E-state index is 0.0177. The van der Waals surface area contributed by atoms with Crippen LogP contribution in [0.3, 0.4) is 0 Å². The van der Waals surface area contributed by atoms with E-state index < -0.39 is 4.92 Å². The summed E-state index contributed by atoms with van der Waals surface area (Å²) in [4.78, 5) is 10.5. The van der Waals surface area contributed by atoms with Crippen LogP contribution in [0, 0.1) is 22.4 Å². The van der Waals surface area contributed by atoms with Gasteiger partial charge in [-0.05, 0) is 25.8 Å². The molecule has 1 rings (SSSR count). The first-order valence-electron chi connectivity index (χ1n) is 5.72. The van der Waals surface area contributed by atoms with Crippen molar-refractivity contribution in [1.82, 2.24) is 0 Å². The van der Waals surface area contributed by atoms with Gasteiger partial charge in [0.2, 0.25) is 0 Å². The number of para-hydroxylation sites is 1. The second-order valence-corrected chi connectivity index (χ2v) is 4.01. The molecule has 6 nitrogen and oxygen atoms in total. The van der Waals surface area contributed by atoms with Crippen LogP contribution in [0.15, 0.2) is 18.2 Å². The van der Waals surface area contributed by atoms with E-state index in [4.69, 9.17) is 15.9 Å². The number of nitrogens with two attached hydrogens (primary N) is 1. The molecule has 0 aliphatic heterocycles. The van der Waals surface area contributed by atoms with Crippen LogP contribution >= 0.6 is 0 Å². The highest BCUT2D eigenvalue weighted by atomic mass is 16.6. The van der Waals surface area contributed by atoms with Gasteiger partial charge in [0, 0.05) is 12.0 Å². The average Bonchev–Trinajstić information content (AvgIpc) is 2.27. The maximum atomic E-state index is 10.9. The fraction of sp³-hybridized carbons (Fsp3) is 0.417. The van der Waals surface area contributed by atoms with Gasteiger partial charge < -0.3 is 10.5 Å². The standard InChI is InChI=1S/C12H17N3O3/c1-9-5-4-6-10(12(9)15(16)17)18-8-3-2-7-11(13)14/h4-6H,2-3,7-8H2,1H3,(H3,13,14). The smallest absolute Gasteiger partial charge is 0.313 e. The van der Waals surface area contributed by atoms with E-state index in [0.29, 0.717) is 30.8 Å². The van der Waals surface area contributed by atoms with E-state index in [9.17, 15) is 10.1 Å². The summed E-state index contributed by atoms with van der Waals surface area (Å²) in [7, 11) is 0. The molecule has 0 fully saturated rings. The number of unbranched alkanes of at least 4 members (excludes halogenated alkanes) is 1. The zero-order valence-corrected chi connectivity index (χ0v) is 10.3. The van der Waals surface area contributed by atoms with Gasteiger partial charge in [-0.2, -0.15) is 0 Å². The summed E-state index contributed by atoms with van der Waals surface area (Å²) in [5.74, 6) is 0.444. The normalized spacial score (nSPS) is 10.1. The van der Waals surface area contributed by atoms with Gasteiger partial charge in [-0.15, -0.1) is 0 Å². The minimum atomic E-state index is -0.430. The number of nitrogens with one attached hydrogen (secondary N) is 1. The minimum Gasteiger partial charge on any atom is -0.487 e. The number of aryl methyl sites for hydroxylation is 1. The highest BCUT2D eigenvalue weighted by molar-refractivity contribution is 5.76. The number of nitro benzene ring substituents is 1. The topological polar surface area (TPSA) is 102 Å². The lowest BCUT2D eigenvalue weighted by molar-refractivity contribution is -0.386. The van der Waals surface area contributed by atoms with Crippen LogP contribution in [0.1, 0.15) is 24.8 Å². The van der Waals surface area contributed by atoms with E-state index in [1.807, 2.05) is 0 Å². The molecule has 0 atom stereocenters. The van der Waals surface area contributed by atoms with Gasteiger partial charge in [-0.3, -0.25) is 15.5 Å². The van der Waals surface area contributed by atoms with Crippen molar-refractivity contribution in [2.45, 2.75) is 26.2 Å². The van der Waals surface area contributed by atoms with Crippen molar-refractivity contribution in [3.05, 3.63) is 33.9 Å². The van der Waals surface area contributed by atoms with Crippen LogP contribution in [0.2, 0.25) is 0 Å². The van der Waals surface area contributed by atoms with Crippen molar-refractivity contribution >= 4 is 11.5 Å². The first kappa shape index (κ1) is 14.0. The molecule has 0 aliphatic rings. The molecule has 18 heavy (non-hydrogen) atoms. The Bertz CT molecular complexity index is 446. The first-order valence-corrected chi connectivity index (χ1v) is 5.72. The number of hydrogen-bond acceptors (Lipinski definition) is 4. The van der Waals surface area contributed by atoms with Crippen molar-refractivity contribution in [2.24, 2.45) is 5.73 Å². The van der Waals surface area contributed by atoms with Crippen molar-refractivity contribution in [3.8, 4) is 5.75 Å². The lowest BCUT2D eigenvalue weighted by Gasteiger charge is -2.07. The van der Waals surface area contributed by atoms with Crippen molar-refractivity contribution in [2.75, 3.05) is 6.61 Å². The molecule has 98 valence electrons. The van der Waals surface area contributed by atoms with E-state index in [1.165, 1.54) is 0 Å². The summed E-state index contributed by atoms with van der Waals surface area (Å²) in [6.45, 7) is 2.07. The summed E-state index contributed by atoms with van der Waals surface area (Å²) in [6, 6.07) is 5.00. The molecule has 1 aromatic carbocycles. The Labute approximate surface area is 105 Å². The van der Waals surface area contributed by atoms with Gasteiger partial charge in [0.05, 0.1) is 17.4 Å². The molecule has 0 aromatic heterocycles. The summed E-state index contributed by atoms with van der Waals surface area (Å²) >= 11 is 0. The van der Waals surface area contributed by atoms with Crippen LogP contribution in [-0.4, -0.2) is 17.4 Å². The Morgan fingerprint density at radius 3 is 2.83 bits per heavy atom. The highest BCUT2D eigenvalue weighted by Crippen LogP contribution is 2.30. The average molecular weight is 251 g/mol. The maximum Gasteiger partial charge on any atom is 0.313 e. The van der Waals surface area contributed by atoms with Gasteiger partial charge >= 0.3 is 5.69 Å². The molecule has 6 heteroatoms. The Hall–Kier alpha value is -2.11. The summed E-state index contributed by atoms with van der Waals surface area (Å²) < 4.78 is 5.41. The zero-order valence-electron chi connectivity index (χ0n) is 10.3. The van der Waals surface area contributed by atoms with Gasteiger partial charge in [0.25, 0.3) is 0 Å². The van der Waals surface area contributed by atoms with Crippen molar-refractivity contribution in [3.63, 3.8) is 0 Å². The van der Waals surface area contributed by atoms with E-state index in [0.717, 1.165) is 6.42 Å². The third kappa shape index (κ3) is 4.04. The number of hydrogen-bond donors (Lipinski definition) is 2. The van der Waals surface area contributed by atoms with Gasteiger partial charge in [0.1, 0.15) is 0 Å². The largest absolute Gasteiger partial charge is 0.487 e. The maximum absolute atomic E-state index is 10.9. The molecule has 0 radical (unpaired) electrons. The molecule has 1 aromatic rings. The van der Waals surface area contributed by atoms with Crippen LogP contribution in [0.25, 0.3) is 0 Å². The Morgan fingerprint density at radius 1 is 1.50 bits per heavy atom. The SMILES string of the molecule is Cc1cccc(OCCCCC(=N)N)c1[N+](=O)[O-]. The molecule has 0 spiro atoms. The first-order chi connectivity index (χ1) is 8.52. The Kier molecular flexibility index (Phi) is 5.10. The number of benzene rings is 1. The number of amidine groups is 1. The molecular weight excluding hydrogens is 234 g/mol. The number of rotatable bonds is 7. The fourth-order valence-corrected chi connectivity index (χ4v) is 1.58.